The molecular formula is C11H11N3O4S. The molecule has 100 valence electrons. The Kier molecular flexibility index (Phi) is 3.61. The van der Waals surface area contributed by atoms with Crippen LogP contribution in [0, 0.1) is 0 Å². The highest BCUT2D eigenvalue weighted by molar-refractivity contribution is 7.99. The first-order valence-corrected chi connectivity index (χ1v) is 6.24. The van der Waals surface area contributed by atoms with Gasteiger partial charge in [0, 0.05) is 7.05 Å². The third-order valence-electron chi connectivity index (χ3n) is 2.40. The molecule has 0 spiro atoms. The fourth-order valence-electron chi connectivity index (χ4n) is 1.54. The second kappa shape index (κ2) is 5.19. The lowest BCUT2D eigenvalue weighted by atomic mass is 10.1. The molecule has 19 heavy (non-hydrogen) atoms. The van der Waals surface area contributed by atoms with Crippen molar-refractivity contribution < 1.29 is 20.1 Å². The highest BCUT2D eigenvalue weighted by Crippen LogP contribution is 2.36. The normalized spacial score (nSPS) is 10.6. The van der Waals surface area contributed by atoms with Gasteiger partial charge in [0.2, 0.25) is 0 Å². The zero-order valence-electron chi connectivity index (χ0n) is 9.94. The molecule has 0 amide bonds. The first-order valence-electron chi connectivity index (χ1n) is 5.26. The molecule has 0 fully saturated rings. The number of nitrogens with zero attached hydrogens (tertiary/aromatic N) is 3. The average Bonchev–Trinajstić information content (AvgIpc) is 2.68. The molecule has 0 atom stereocenters. The molecule has 8 heteroatoms. The number of aliphatic carboxylic acids is 1. The predicted octanol–water partition coefficient (Wildman–Crippen LogP) is 1.07. The van der Waals surface area contributed by atoms with E-state index in [-0.39, 0.29) is 28.6 Å². The Bertz CT molecular complexity index is 606. The molecule has 2 aromatic rings. The molecule has 0 aliphatic carbocycles. The van der Waals surface area contributed by atoms with E-state index in [1.165, 1.54) is 22.8 Å². The summed E-state index contributed by atoms with van der Waals surface area (Å²) in [5.74, 6) is -1.07. The van der Waals surface area contributed by atoms with Crippen LogP contribution in [-0.4, -0.2) is 41.8 Å². The number of thioether (sulfide) groups is 1. The lowest BCUT2D eigenvalue weighted by Gasteiger charge is -2.06. The number of carboxylic acid groups (broad SMARTS) is 1. The quantitative estimate of drug-likeness (QED) is 0.719. The van der Waals surface area contributed by atoms with Gasteiger partial charge >= 0.3 is 5.97 Å². The van der Waals surface area contributed by atoms with E-state index in [9.17, 15) is 15.0 Å². The van der Waals surface area contributed by atoms with E-state index < -0.39 is 5.97 Å². The van der Waals surface area contributed by atoms with E-state index in [0.29, 0.717) is 5.16 Å². The van der Waals surface area contributed by atoms with Crippen molar-refractivity contribution in [1.29, 1.82) is 0 Å². The summed E-state index contributed by atoms with van der Waals surface area (Å²) < 4.78 is 1.52. The molecule has 1 aromatic heterocycles. The molecule has 0 saturated heterocycles. The van der Waals surface area contributed by atoms with E-state index in [1.54, 1.807) is 7.05 Å². The van der Waals surface area contributed by atoms with Crippen molar-refractivity contribution in [2.24, 2.45) is 7.05 Å². The molecular weight excluding hydrogens is 270 g/mol. The summed E-state index contributed by atoms with van der Waals surface area (Å²) in [4.78, 5) is 10.5. The predicted molar refractivity (Wildman–Crippen MR) is 68.1 cm³/mol. The van der Waals surface area contributed by atoms with Gasteiger partial charge in [-0.3, -0.25) is 4.79 Å². The van der Waals surface area contributed by atoms with Crippen LogP contribution in [0.2, 0.25) is 0 Å². The van der Waals surface area contributed by atoms with Crippen LogP contribution in [0.25, 0.3) is 11.4 Å². The molecule has 1 heterocycles. The SMILES string of the molecule is Cn1c(SCC(=O)O)nnc1-c1c(O)cccc1O. The van der Waals surface area contributed by atoms with Crippen LogP contribution in [0.3, 0.4) is 0 Å². The van der Waals surface area contributed by atoms with Crippen molar-refractivity contribution >= 4 is 17.7 Å². The minimum Gasteiger partial charge on any atom is -0.507 e. The highest BCUT2D eigenvalue weighted by atomic mass is 32.2. The van der Waals surface area contributed by atoms with Gasteiger partial charge in [0.15, 0.2) is 11.0 Å². The molecule has 7 nitrogen and oxygen atoms in total. The number of carbonyl (C=O) groups is 1. The maximum atomic E-state index is 10.5. The van der Waals surface area contributed by atoms with E-state index >= 15 is 0 Å². The Labute approximate surface area is 112 Å². The van der Waals surface area contributed by atoms with Crippen LogP contribution in [0.5, 0.6) is 11.5 Å². The van der Waals surface area contributed by atoms with E-state index in [4.69, 9.17) is 5.11 Å². The Morgan fingerprint density at radius 1 is 1.32 bits per heavy atom. The average molecular weight is 281 g/mol. The van der Waals surface area contributed by atoms with Gasteiger partial charge in [-0.15, -0.1) is 10.2 Å². The maximum absolute atomic E-state index is 10.5. The Hall–Kier alpha value is -2.22. The molecule has 0 saturated carbocycles. The molecule has 2 rings (SSSR count). The number of hydrogen-bond donors (Lipinski definition) is 3. The van der Waals surface area contributed by atoms with E-state index in [0.717, 1.165) is 11.8 Å². The van der Waals surface area contributed by atoms with Gasteiger partial charge in [0.05, 0.1) is 5.75 Å². The number of phenols is 2. The van der Waals surface area contributed by atoms with Gasteiger partial charge in [0.25, 0.3) is 0 Å². The van der Waals surface area contributed by atoms with Gasteiger partial charge in [-0.1, -0.05) is 17.8 Å². The molecule has 0 aliphatic heterocycles. The van der Waals surface area contributed by atoms with Crippen molar-refractivity contribution in [3.05, 3.63) is 18.2 Å². The van der Waals surface area contributed by atoms with Crippen molar-refractivity contribution in [1.82, 2.24) is 14.8 Å². The number of aromatic nitrogens is 3. The molecule has 0 radical (unpaired) electrons. The van der Waals surface area contributed by atoms with Crippen molar-refractivity contribution in [3.8, 4) is 22.9 Å². The van der Waals surface area contributed by atoms with Crippen molar-refractivity contribution in [2.75, 3.05) is 5.75 Å². The molecule has 3 N–H and O–H groups in total. The number of carboxylic acids is 1. The van der Waals surface area contributed by atoms with Crippen LogP contribution < -0.4 is 0 Å². The third kappa shape index (κ3) is 2.63. The minimum atomic E-state index is -0.958. The Morgan fingerprint density at radius 3 is 2.53 bits per heavy atom. The minimum absolute atomic E-state index is 0.120. The molecule has 1 aromatic carbocycles. The van der Waals surface area contributed by atoms with Crippen LogP contribution >= 0.6 is 11.8 Å². The fraction of sp³-hybridized carbons (Fsp3) is 0.182. The Morgan fingerprint density at radius 2 is 1.95 bits per heavy atom. The van der Waals surface area contributed by atoms with Gasteiger partial charge in [-0.25, -0.2) is 0 Å². The van der Waals surface area contributed by atoms with Crippen LogP contribution in [0.4, 0.5) is 0 Å². The topological polar surface area (TPSA) is 108 Å². The second-order valence-corrected chi connectivity index (χ2v) is 4.66. The zero-order valence-corrected chi connectivity index (χ0v) is 10.8. The Balaban J connectivity index is 2.39. The monoisotopic (exact) mass is 281 g/mol. The maximum Gasteiger partial charge on any atom is 0.313 e. The fourth-order valence-corrected chi connectivity index (χ4v) is 2.17. The van der Waals surface area contributed by atoms with E-state index in [2.05, 4.69) is 10.2 Å². The van der Waals surface area contributed by atoms with Crippen LogP contribution in [-0.2, 0) is 11.8 Å². The summed E-state index contributed by atoms with van der Waals surface area (Å²) in [5.41, 5.74) is 0.166. The third-order valence-corrected chi connectivity index (χ3v) is 3.41. The summed E-state index contributed by atoms with van der Waals surface area (Å²) >= 11 is 1.01. The van der Waals surface area contributed by atoms with Crippen molar-refractivity contribution in [3.63, 3.8) is 0 Å². The number of aromatic hydroxyl groups is 2. The lowest BCUT2D eigenvalue weighted by molar-refractivity contribution is -0.133. The molecule has 0 unspecified atom stereocenters. The molecule has 0 bridgehead atoms. The standard InChI is InChI=1S/C11H11N3O4S/c1-14-10(9-6(15)3-2-4-7(9)16)12-13-11(14)19-5-8(17)18/h2-4,15-16H,5H2,1H3,(H,17,18). The summed E-state index contributed by atoms with van der Waals surface area (Å²) in [6.45, 7) is 0. The van der Waals surface area contributed by atoms with Crippen LogP contribution in [0.15, 0.2) is 23.4 Å². The number of benzene rings is 1. The number of rotatable bonds is 4. The van der Waals surface area contributed by atoms with Gasteiger partial charge in [-0.2, -0.15) is 0 Å². The summed E-state index contributed by atoms with van der Waals surface area (Å²) in [5, 5.41) is 36.2. The summed E-state index contributed by atoms with van der Waals surface area (Å²) in [6, 6.07) is 4.35. The first-order chi connectivity index (χ1) is 9.00. The van der Waals surface area contributed by atoms with Gasteiger partial charge in [0.1, 0.15) is 17.1 Å². The summed E-state index contributed by atoms with van der Waals surface area (Å²) in [6.07, 6.45) is 0. The molecule has 0 aliphatic rings. The largest absolute Gasteiger partial charge is 0.507 e. The number of hydrogen-bond acceptors (Lipinski definition) is 6. The van der Waals surface area contributed by atoms with Crippen LogP contribution in [0.1, 0.15) is 0 Å². The van der Waals surface area contributed by atoms with Crippen molar-refractivity contribution in [2.45, 2.75) is 5.16 Å². The smallest absolute Gasteiger partial charge is 0.313 e. The lowest BCUT2D eigenvalue weighted by Crippen LogP contribution is -2.01. The van der Waals surface area contributed by atoms with Gasteiger partial charge < -0.3 is 19.9 Å². The van der Waals surface area contributed by atoms with E-state index in [1.807, 2.05) is 0 Å². The first kappa shape index (κ1) is 13.2. The zero-order chi connectivity index (χ0) is 14.0. The number of phenolic OH excluding ortho intramolecular Hbond substituents is 2. The summed E-state index contributed by atoms with van der Waals surface area (Å²) in [7, 11) is 1.63. The second-order valence-electron chi connectivity index (χ2n) is 3.72. The van der Waals surface area contributed by atoms with Gasteiger partial charge in [-0.05, 0) is 12.1 Å². The highest BCUT2D eigenvalue weighted by Gasteiger charge is 2.18.